The van der Waals surface area contributed by atoms with Crippen molar-refractivity contribution in [3.05, 3.63) is 65.5 Å². The van der Waals surface area contributed by atoms with Crippen LogP contribution in [0.2, 0.25) is 0 Å². The molecule has 5 heterocycles. The Hall–Kier alpha value is -4.44. The number of nitrogens with zero attached hydrogens (tertiary/aromatic N) is 4. The molecule has 3 N–H and O–H groups in total. The van der Waals surface area contributed by atoms with Gasteiger partial charge in [-0.2, -0.15) is 16.4 Å². The largest absolute Gasteiger partial charge is 0.335 e. The van der Waals surface area contributed by atoms with Gasteiger partial charge in [-0.1, -0.05) is 6.92 Å². The topological polar surface area (TPSA) is 112 Å². The molecule has 6 rings (SSSR count). The number of rotatable bonds is 6. The number of amides is 1. The third-order valence-corrected chi connectivity index (χ3v) is 6.61. The Balaban J connectivity index is 1.44. The minimum Gasteiger partial charge on any atom is -0.335 e. The molecule has 0 saturated heterocycles. The molecule has 0 bridgehead atoms. The van der Waals surface area contributed by atoms with Crippen LogP contribution >= 0.6 is 11.3 Å². The first-order valence-corrected chi connectivity index (χ1v) is 12.4. The van der Waals surface area contributed by atoms with Crippen LogP contribution in [0.1, 0.15) is 19.8 Å². The lowest BCUT2D eigenvalue weighted by atomic mass is 10.0. The Kier molecular flexibility index (Phi) is 5.49. The van der Waals surface area contributed by atoms with E-state index in [0.717, 1.165) is 23.1 Å². The van der Waals surface area contributed by atoms with Crippen molar-refractivity contribution >= 4 is 45.0 Å². The van der Waals surface area contributed by atoms with E-state index in [4.69, 9.17) is 0 Å². The number of fused-ring (bicyclic) bond motifs is 2. The van der Waals surface area contributed by atoms with E-state index in [9.17, 15) is 4.79 Å². The first-order chi connectivity index (χ1) is 17.6. The first-order valence-electron chi connectivity index (χ1n) is 11.4. The van der Waals surface area contributed by atoms with Crippen molar-refractivity contribution in [3.8, 4) is 33.8 Å². The number of pyridine rings is 2. The molecule has 10 heteroatoms. The Labute approximate surface area is 208 Å². The molecule has 1 aromatic carbocycles. The lowest BCUT2D eigenvalue weighted by molar-refractivity contribution is -0.116. The minimum atomic E-state index is -0.457. The Morgan fingerprint density at radius 2 is 2.06 bits per heavy atom. The highest BCUT2D eigenvalue weighted by atomic mass is 32.1. The molecule has 0 spiro atoms. The number of anilines is 1. The molecule has 36 heavy (non-hydrogen) atoms. The summed E-state index contributed by atoms with van der Waals surface area (Å²) in [4.78, 5) is 28.5. The zero-order valence-electron chi connectivity index (χ0n) is 19.2. The van der Waals surface area contributed by atoms with Gasteiger partial charge in [-0.15, -0.1) is 0 Å². The fraction of sp³-hybridized carbons (Fsp3) is 0.115. The maximum absolute atomic E-state index is 16.0. The Morgan fingerprint density at radius 3 is 2.89 bits per heavy atom. The molecule has 0 unspecified atom stereocenters. The zero-order valence-corrected chi connectivity index (χ0v) is 20.0. The number of H-pyrrole nitrogens is 2. The van der Waals surface area contributed by atoms with Gasteiger partial charge in [-0.05, 0) is 53.1 Å². The van der Waals surface area contributed by atoms with E-state index >= 15 is 4.39 Å². The van der Waals surface area contributed by atoms with Crippen molar-refractivity contribution in [1.29, 1.82) is 0 Å². The van der Waals surface area contributed by atoms with E-state index in [0.29, 0.717) is 51.3 Å². The maximum atomic E-state index is 16.0. The van der Waals surface area contributed by atoms with Crippen LogP contribution in [-0.2, 0) is 4.79 Å². The van der Waals surface area contributed by atoms with E-state index in [2.05, 4.69) is 40.8 Å². The molecule has 6 aromatic rings. The molecule has 0 radical (unpaired) electrons. The molecule has 0 aliphatic heterocycles. The second-order valence-electron chi connectivity index (χ2n) is 8.34. The zero-order chi connectivity index (χ0) is 24.6. The lowest BCUT2D eigenvalue weighted by Gasteiger charge is -2.08. The van der Waals surface area contributed by atoms with Gasteiger partial charge < -0.3 is 10.3 Å². The van der Waals surface area contributed by atoms with Gasteiger partial charge >= 0.3 is 0 Å². The number of carbonyl (C=O) groups is 1. The smallest absolute Gasteiger partial charge is 0.224 e. The van der Waals surface area contributed by atoms with Crippen molar-refractivity contribution in [2.24, 2.45) is 0 Å². The van der Waals surface area contributed by atoms with Crippen LogP contribution in [0.25, 0.3) is 55.8 Å². The third kappa shape index (κ3) is 3.81. The standard InChI is InChI=1S/C26H20FN7OS/c1-2-3-20(35)30-16-10-15(11-28-12-16)17-4-5-19-21(22(17)27)24(34-33-19)26-31-23-18(14-7-9-36-13-14)6-8-29-25(23)32-26/h4-13H,2-3H2,1H3,(H,30,35)(H,33,34)(H,29,31,32). The summed E-state index contributed by atoms with van der Waals surface area (Å²) in [6.07, 6.45) is 5.96. The summed E-state index contributed by atoms with van der Waals surface area (Å²) in [5.41, 5.74) is 5.62. The molecule has 8 nitrogen and oxygen atoms in total. The second kappa shape index (κ2) is 8.97. The number of halogens is 1. The lowest BCUT2D eigenvalue weighted by Crippen LogP contribution is -2.10. The predicted octanol–water partition coefficient (Wildman–Crippen LogP) is 6.17. The van der Waals surface area contributed by atoms with Gasteiger partial charge in [-0.25, -0.2) is 14.4 Å². The molecule has 0 aliphatic rings. The van der Waals surface area contributed by atoms with Crippen LogP contribution in [0.4, 0.5) is 10.1 Å². The quantitative estimate of drug-likeness (QED) is 0.255. The van der Waals surface area contributed by atoms with Gasteiger partial charge in [0.15, 0.2) is 11.5 Å². The number of imidazole rings is 1. The van der Waals surface area contributed by atoms with Gasteiger partial charge in [-0.3, -0.25) is 14.9 Å². The summed E-state index contributed by atoms with van der Waals surface area (Å²) in [5, 5.41) is 14.5. The number of nitrogens with one attached hydrogen (secondary N) is 3. The molecule has 1 amide bonds. The fourth-order valence-electron chi connectivity index (χ4n) is 4.25. The summed E-state index contributed by atoms with van der Waals surface area (Å²) in [7, 11) is 0. The summed E-state index contributed by atoms with van der Waals surface area (Å²) in [6, 6.07) is 9.10. The van der Waals surface area contributed by atoms with E-state index in [1.165, 1.54) is 0 Å². The van der Waals surface area contributed by atoms with Gasteiger partial charge in [0, 0.05) is 35.5 Å². The van der Waals surface area contributed by atoms with E-state index in [-0.39, 0.29) is 5.91 Å². The first kappa shape index (κ1) is 22.1. The minimum absolute atomic E-state index is 0.107. The number of benzene rings is 1. The highest BCUT2D eigenvalue weighted by molar-refractivity contribution is 7.08. The monoisotopic (exact) mass is 497 g/mol. The van der Waals surface area contributed by atoms with Gasteiger partial charge in [0.1, 0.15) is 11.5 Å². The number of aromatic nitrogens is 6. The summed E-state index contributed by atoms with van der Waals surface area (Å²) in [5.74, 6) is -0.146. The Morgan fingerprint density at radius 1 is 1.14 bits per heavy atom. The SMILES string of the molecule is CCCC(=O)Nc1cncc(-c2ccc3[nH]nc(-c4nc5nccc(-c6ccsc6)c5[nH]4)c3c2F)c1. The normalized spacial score (nSPS) is 11.4. The molecule has 0 saturated carbocycles. The highest BCUT2D eigenvalue weighted by Crippen LogP contribution is 2.35. The average molecular weight is 498 g/mol. The van der Waals surface area contributed by atoms with E-state index < -0.39 is 5.82 Å². The predicted molar refractivity (Wildman–Crippen MR) is 139 cm³/mol. The Bertz CT molecular complexity index is 1720. The molecule has 178 valence electrons. The molecule has 0 aliphatic carbocycles. The van der Waals surface area contributed by atoms with Crippen molar-refractivity contribution in [1.82, 2.24) is 30.1 Å². The van der Waals surface area contributed by atoms with Gasteiger partial charge in [0.2, 0.25) is 5.91 Å². The summed E-state index contributed by atoms with van der Waals surface area (Å²) in [6.45, 7) is 1.93. The second-order valence-corrected chi connectivity index (χ2v) is 9.12. The maximum Gasteiger partial charge on any atom is 0.224 e. The van der Waals surface area contributed by atoms with Crippen molar-refractivity contribution in [2.45, 2.75) is 19.8 Å². The van der Waals surface area contributed by atoms with Crippen LogP contribution in [0.5, 0.6) is 0 Å². The van der Waals surface area contributed by atoms with Crippen LogP contribution in [0, 0.1) is 5.82 Å². The average Bonchev–Trinajstić information content (AvgIpc) is 3.63. The van der Waals surface area contributed by atoms with Crippen LogP contribution < -0.4 is 5.32 Å². The third-order valence-electron chi connectivity index (χ3n) is 5.93. The van der Waals surface area contributed by atoms with E-state index in [1.54, 1.807) is 48.1 Å². The molecular weight excluding hydrogens is 477 g/mol. The van der Waals surface area contributed by atoms with Crippen LogP contribution in [0.15, 0.2) is 59.7 Å². The van der Waals surface area contributed by atoms with Crippen LogP contribution in [-0.4, -0.2) is 36.0 Å². The van der Waals surface area contributed by atoms with Gasteiger partial charge in [0.25, 0.3) is 0 Å². The molecule has 5 aromatic heterocycles. The van der Waals surface area contributed by atoms with Crippen molar-refractivity contribution in [3.63, 3.8) is 0 Å². The molecular formula is C26H20FN7OS. The fourth-order valence-corrected chi connectivity index (χ4v) is 4.91. The molecule has 0 fully saturated rings. The number of hydrogen-bond acceptors (Lipinski definition) is 6. The highest BCUT2D eigenvalue weighted by Gasteiger charge is 2.21. The van der Waals surface area contributed by atoms with Gasteiger partial charge in [0.05, 0.1) is 28.3 Å². The molecule has 0 atom stereocenters. The number of aromatic amines is 2. The van der Waals surface area contributed by atoms with Crippen LogP contribution in [0.3, 0.4) is 0 Å². The summed E-state index contributed by atoms with van der Waals surface area (Å²) >= 11 is 1.61. The number of thiophene rings is 1. The van der Waals surface area contributed by atoms with E-state index in [1.807, 2.05) is 24.4 Å². The number of carbonyl (C=O) groups excluding carboxylic acids is 1. The number of hydrogen-bond donors (Lipinski definition) is 3. The summed E-state index contributed by atoms with van der Waals surface area (Å²) < 4.78 is 16.0. The van der Waals surface area contributed by atoms with Crippen molar-refractivity contribution < 1.29 is 9.18 Å². The van der Waals surface area contributed by atoms with Crippen molar-refractivity contribution in [2.75, 3.05) is 5.32 Å².